The van der Waals surface area contributed by atoms with Gasteiger partial charge in [-0.1, -0.05) is 47.7 Å². The van der Waals surface area contributed by atoms with E-state index in [1.807, 2.05) is 44.2 Å². The number of anilines is 1. The second-order valence-corrected chi connectivity index (χ2v) is 9.45. The summed E-state index contributed by atoms with van der Waals surface area (Å²) in [6, 6.07) is 13.7. The van der Waals surface area contributed by atoms with Crippen molar-refractivity contribution in [1.29, 1.82) is 0 Å². The minimum absolute atomic E-state index is 0.125. The quantitative estimate of drug-likeness (QED) is 0.568. The molecule has 8 nitrogen and oxygen atoms in total. The van der Waals surface area contributed by atoms with Gasteiger partial charge < -0.3 is 14.8 Å². The summed E-state index contributed by atoms with van der Waals surface area (Å²) in [4.78, 5) is 44.7. The number of nitrogens with one attached hydrogen (secondary N) is 1. The van der Waals surface area contributed by atoms with E-state index in [1.54, 1.807) is 25.1 Å². The number of thiazole rings is 1. The number of para-hydroxylation sites is 2. The molecule has 35 heavy (non-hydrogen) atoms. The highest BCUT2D eigenvalue weighted by atomic mass is 32.1. The molecule has 1 atom stereocenters. The molecule has 0 saturated carbocycles. The van der Waals surface area contributed by atoms with E-state index in [0.717, 1.165) is 11.3 Å². The van der Waals surface area contributed by atoms with E-state index in [4.69, 9.17) is 9.47 Å². The number of fused-ring (bicyclic) bond motifs is 2. The van der Waals surface area contributed by atoms with Crippen molar-refractivity contribution in [2.75, 3.05) is 12.4 Å². The second kappa shape index (κ2) is 8.66. The van der Waals surface area contributed by atoms with Gasteiger partial charge in [0.15, 0.2) is 4.80 Å². The molecule has 178 valence electrons. The van der Waals surface area contributed by atoms with Crippen LogP contribution in [-0.4, -0.2) is 29.7 Å². The topological polar surface area (TPSA) is 99.0 Å². The summed E-state index contributed by atoms with van der Waals surface area (Å²) in [6.07, 6.45) is -0.125. The van der Waals surface area contributed by atoms with Crippen molar-refractivity contribution >= 4 is 34.5 Å². The maximum Gasteiger partial charge on any atom is 0.338 e. The minimum atomic E-state index is -0.831. The number of amides is 1. The van der Waals surface area contributed by atoms with Crippen LogP contribution < -0.4 is 24.9 Å². The third-order valence-corrected chi connectivity index (χ3v) is 6.93. The van der Waals surface area contributed by atoms with Crippen LogP contribution in [0.5, 0.6) is 5.75 Å². The normalized spacial score (nSPS) is 18.1. The van der Waals surface area contributed by atoms with E-state index in [9.17, 15) is 14.4 Å². The fourth-order valence-corrected chi connectivity index (χ4v) is 5.59. The molecule has 1 N–H and O–H groups in total. The largest absolute Gasteiger partial charge is 0.491 e. The van der Waals surface area contributed by atoms with Crippen LogP contribution in [0.3, 0.4) is 0 Å². The highest BCUT2D eigenvalue weighted by Gasteiger charge is 2.36. The Bertz CT molecular complexity index is 1600. The SMILES string of the molecule is COC(=O)C1=C(C)N=c2s/c(=C3\C(=O)Nc4ccccc43)c(=O)n2C1c1ccccc1OC(C)C. The number of rotatable bonds is 4. The molecular formula is C26H23N3O5S. The molecule has 2 aliphatic heterocycles. The van der Waals surface area contributed by atoms with Gasteiger partial charge in [0.2, 0.25) is 0 Å². The van der Waals surface area contributed by atoms with Crippen molar-refractivity contribution in [1.82, 2.24) is 4.57 Å². The Labute approximate surface area is 204 Å². The van der Waals surface area contributed by atoms with Gasteiger partial charge in [0.1, 0.15) is 16.3 Å². The van der Waals surface area contributed by atoms with Crippen LogP contribution in [0.25, 0.3) is 5.57 Å². The first kappa shape index (κ1) is 22.8. The summed E-state index contributed by atoms with van der Waals surface area (Å²) in [5.74, 6) is -0.385. The number of allylic oxidation sites excluding steroid dienone is 1. The Morgan fingerprint density at radius 3 is 2.57 bits per heavy atom. The highest BCUT2D eigenvalue weighted by molar-refractivity contribution is 7.07. The van der Waals surface area contributed by atoms with E-state index in [-0.39, 0.29) is 22.1 Å². The zero-order valence-electron chi connectivity index (χ0n) is 19.6. The lowest BCUT2D eigenvalue weighted by molar-refractivity contribution is -0.136. The number of carbonyl (C=O) groups excluding carboxylic acids is 2. The third kappa shape index (κ3) is 3.68. The summed E-state index contributed by atoms with van der Waals surface area (Å²) in [7, 11) is 1.29. The van der Waals surface area contributed by atoms with Gasteiger partial charge in [-0.2, -0.15) is 0 Å². The molecule has 0 spiro atoms. The zero-order chi connectivity index (χ0) is 24.9. The Morgan fingerprint density at radius 2 is 1.83 bits per heavy atom. The van der Waals surface area contributed by atoms with Gasteiger partial charge in [-0.25, -0.2) is 9.79 Å². The lowest BCUT2D eigenvalue weighted by Gasteiger charge is -2.26. The minimum Gasteiger partial charge on any atom is -0.491 e. The molecule has 1 aromatic heterocycles. The van der Waals surface area contributed by atoms with E-state index in [2.05, 4.69) is 10.3 Å². The van der Waals surface area contributed by atoms with Crippen molar-refractivity contribution in [3.63, 3.8) is 0 Å². The van der Waals surface area contributed by atoms with E-state index in [1.165, 1.54) is 11.7 Å². The van der Waals surface area contributed by atoms with Crippen molar-refractivity contribution in [3.05, 3.63) is 90.6 Å². The Hall–Kier alpha value is -3.98. The number of hydrogen-bond donors (Lipinski definition) is 1. The summed E-state index contributed by atoms with van der Waals surface area (Å²) < 4.78 is 12.8. The standard InChI is InChI=1S/C26H23N3O5S/c1-13(2)34-18-12-8-6-10-16(18)21-19(25(32)33-4)14(3)27-26-29(21)24(31)22(35-26)20-15-9-5-7-11-17(15)28-23(20)30/h5-13,21H,1-4H3,(H,28,30)/b22-20-. The predicted molar refractivity (Wildman–Crippen MR) is 132 cm³/mol. The zero-order valence-corrected chi connectivity index (χ0v) is 20.4. The molecule has 3 aromatic rings. The molecule has 0 bridgehead atoms. The molecule has 0 radical (unpaired) electrons. The maximum absolute atomic E-state index is 13.9. The van der Waals surface area contributed by atoms with Crippen LogP contribution in [0.15, 0.2) is 69.6 Å². The first-order valence-corrected chi connectivity index (χ1v) is 11.9. The second-order valence-electron chi connectivity index (χ2n) is 8.47. The van der Waals surface area contributed by atoms with Gasteiger partial charge in [0.05, 0.1) is 30.1 Å². The third-order valence-electron chi connectivity index (χ3n) is 5.88. The summed E-state index contributed by atoms with van der Waals surface area (Å²) in [6.45, 7) is 5.52. The molecule has 9 heteroatoms. The number of esters is 1. The molecule has 1 unspecified atom stereocenters. The van der Waals surface area contributed by atoms with Gasteiger partial charge in [-0.05, 0) is 32.9 Å². The molecule has 2 aromatic carbocycles. The lowest BCUT2D eigenvalue weighted by Crippen LogP contribution is -2.40. The molecule has 5 rings (SSSR count). The fourth-order valence-electron chi connectivity index (χ4n) is 4.45. The predicted octanol–water partition coefficient (Wildman–Crippen LogP) is 2.52. The smallest absolute Gasteiger partial charge is 0.338 e. The molecule has 0 fully saturated rings. The fraction of sp³-hybridized carbons (Fsp3) is 0.231. The van der Waals surface area contributed by atoms with E-state index in [0.29, 0.717) is 38.6 Å². The van der Waals surface area contributed by atoms with Gasteiger partial charge in [0, 0.05) is 16.8 Å². The molecule has 2 aliphatic rings. The summed E-state index contributed by atoms with van der Waals surface area (Å²) >= 11 is 1.13. The number of benzene rings is 2. The number of aromatic nitrogens is 1. The van der Waals surface area contributed by atoms with Crippen molar-refractivity contribution < 1.29 is 19.1 Å². The summed E-state index contributed by atoms with van der Waals surface area (Å²) in [5, 5.41) is 2.82. The number of carbonyl (C=O) groups is 2. The molecular weight excluding hydrogens is 466 g/mol. The van der Waals surface area contributed by atoms with E-state index < -0.39 is 17.6 Å². The van der Waals surface area contributed by atoms with Crippen LogP contribution in [0.2, 0.25) is 0 Å². The lowest BCUT2D eigenvalue weighted by atomic mass is 9.95. The Balaban J connectivity index is 1.84. The Kier molecular flexibility index (Phi) is 5.64. The van der Waals surface area contributed by atoms with Crippen molar-refractivity contribution in [3.8, 4) is 5.75 Å². The average molecular weight is 490 g/mol. The Morgan fingerprint density at radius 1 is 1.11 bits per heavy atom. The maximum atomic E-state index is 13.9. The first-order valence-electron chi connectivity index (χ1n) is 11.1. The van der Waals surface area contributed by atoms with Gasteiger partial charge in [-0.3, -0.25) is 14.2 Å². The van der Waals surface area contributed by atoms with Gasteiger partial charge in [-0.15, -0.1) is 0 Å². The van der Waals surface area contributed by atoms with Gasteiger partial charge in [0.25, 0.3) is 11.5 Å². The van der Waals surface area contributed by atoms with Crippen LogP contribution in [0, 0.1) is 0 Å². The number of methoxy groups -OCH3 is 1. The molecule has 1 amide bonds. The molecule has 3 heterocycles. The number of nitrogens with zero attached hydrogens (tertiary/aromatic N) is 2. The molecule has 0 aliphatic carbocycles. The van der Waals surface area contributed by atoms with Gasteiger partial charge >= 0.3 is 5.97 Å². The van der Waals surface area contributed by atoms with Crippen LogP contribution >= 0.6 is 11.3 Å². The average Bonchev–Trinajstić information content (AvgIpc) is 3.32. The van der Waals surface area contributed by atoms with Crippen LogP contribution in [0.1, 0.15) is 37.9 Å². The van der Waals surface area contributed by atoms with Crippen LogP contribution in [-0.2, 0) is 14.3 Å². The monoisotopic (exact) mass is 489 g/mol. The van der Waals surface area contributed by atoms with Crippen LogP contribution in [0.4, 0.5) is 5.69 Å². The molecule has 0 saturated heterocycles. The van der Waals surface area contributed by atoms with Crippen molar-refractivity contribution in [2.24, 2.45) is 4.99 Å². The van der Waals surface area contributed by atoms with Crippen molar-refractivity contribution in [2.45, 2.75) is 32.9 Å². The van der Waals surface area contributed by atoms with E-state index >= 15 is 0 Å². The number of hydrogen-bond acceptors (Lipinski definition) is 7. The highest BCUT2D eigenvalue weighted by Crippen LogP contribution is 2.36. The first-order chi connectivity index (χ1) is 16.8. The number of ether oxygens (including phenoxy) is 2. The summed E-state index contributed by atoms with van der Waals surface area (Å²) in [5.41, 5.74) is 2.51.